The molecule has 0 spiro atoms. The second-order valence-corrected chi connectivity index (χ2v) is 8.39. The minimum absolute atomic E-state index is 0. The van der Waals surface area contributed by atoms with Gasteiger partial charge in [-0.1, -0.05) is 0 Å². The molecule has 0 saturated carbocycles. The summed E-state index contributed by atoms with van der Waals surface area (Å²) < 4.78 is 89.8. The van der Waals surface area contributed by atoms with Crippen LogP contribution in [0.15, 0.2) is 0 Å². The van der Waals surface area contributed by atoms with Crippen LogP contribution >= 0.6 is 23.5 Å². The molecule has 1 aliphatic rings. The second kappa shape index (κ2) is 24.4. The SMILES string of the molecule is C1COCCSCCOCCOCCSCCO1.[O-][Cl+3]([O-])([O-])[O-].[O-][Cl+3]([O-])([O-])[O-].[Pb+2]. The van der Waals surface area contributed by atoms with Gasteiger partial charge in [-0.3, -0.25) is 0 Å². The molecule has 1 heterocycles. The van der Waals surface area contributed by atoms with Crippen molar-refractivity contribution in [2.75, 3.05) is 75.9 Å². The molecule has 0 unspecified atom stereocenters. The van der Waals surface area contributed by atoms with Crippen molar-refractivity contribution in [2.45, 2.75) is 0 Å². The molecule has 0 atom stereocenters. The second-order valence-electron chi connectivity index (χ2n) is 4.43. The van der Waals surface area contributed by atoms with Crippen molar-refractivity contribution in [3.8, 4) is 0 Å². The smallest absolute Gasteiger partial charge is 0.378 e. The fraction of sp³-hybridized carbons (Fsp3) is 1.00. The van der Waals surface area contributed by atoms with Gasteiger partial charge in [0.25, 0.3) is 0 Å². The van der Waals surface area contributed by atoms with Crippen molar-refractivity contribution >= 4 is 50.8 Å². The Morgan fingerprint density at radius 1 is 0.414 bits per heavy atom. The Balaban J connectivity index is -0.000000512. The maximum absolute atomic E-state index is 8.49. The van der Waals surface area contributed by atoms with Gasteiger partial charge >= 0.3 is 27.3 Å². The van der Waals surface area contributed by atoms with Crippen LogP contribution in [0, 0.1) is 20.5 Å². The Kier molecular flexibility index (Phi) is 29.7. The molecule has 29 heavy (non-hydrogen) atoms. The Bertz CT molecular complexity index is 227. The normalized spacial score (nSPS) is 19.0. The van der Waals surface area contributed by atoms with Gasteiger partial charge < -0.3 is 18.9 Å². The third-order valence-electron chi connectivity index (χ3n) is 2.23. The Morgan fingerprint density at radius 2 is 0.586 bits per heavy atom. The predicted octanol–water partition coefficient (Wildman–Crippen LogP) is -8.36. The van der Waals surface area contributed by atoms with Crippen LogP contribution in [0.2, 0.25) is 0 Å². The van der Waals surface area contributed by atoms with E-state index in [1.54, 1.807) is 0 Å². The molecular weight excluding hydrogens is 678 g/mol. The number of rotatable bonds is 0. The van der Waals surface area contributed by atoms with Gasteiger partial charge in [0.1, 0.15) is 0 Å². The average molecular weight is 703 g/mol. The minimum Gasteiger partial charge on any atom is -0.378 e. The zero-order valence-corrected chi connectivity index (χ0v) is 22.5. The van der Waals surface area contributed by atoms with Crippen molar-refractivity contribution in [1.29, 1.82) is 0 Å². The molecule has 1 rings (SSSR count). The van der Waals surface area contributed by atoms with E-state index in [0.717, 1.165) is 49.4 Å². The average Bonchev–Trinajstić information content (AvgIpc) is 2.52. The molecular formula is C12H24Cl2O12PbS2. The Labute approximate surface area is 202 Å². The van der Waals surface area contributed by atoms with Gasteiger partial charge in [0.05, 0.1) is 52.9 Å². The first-order valence-corrected chi connectivity index (χ1v) is 12.5. The summed E-state index contributed by atoms with van der Waals surface area (Å²) in [4.78, 5) is 0. The van der Waals surface area contributed by atoms with Crippen LogP contribution in [0.4, 0.5) is 0 Å². The van der Waals surface area contributed by atoms with E-state index in [-0.39, 0.29) is 27.3 Å². The standard InChI is InChI=1S/C12H24O4S2.2ClHO4.Pb/c1-2-14-6-10-18-12-8-16-4-3-15-7-11-17-9-5-13-1;2*2-1(3,4)5;/h1-12H2;2*(H,2,3,4,5);/q;;;+2/p-2. The maximum Gasteiger partial charge on any atom is 2.00 e. The van der Waals surface area contributed by atoms with E-state index < -0.39 is 20.5 Å². The molecule has 2 radical (unpaired) electrons. The van der Waals surface area contributed by atoms with E-state index >= 15 is 0 Å². The topological polar surface area (TPSA) is 221 Å². The molecule has 0 aromatic rings. The van der Waals surface area contributed by atoms with Crippen LogP contribution in [-0.4, -0.2) is 103 Å². The summed E-state index contributed by atoms with van der Waals surface area (Å²) in [6.07, 6.45) is 0. The van der Waals surface area contributed by atoms with Crippen molar-refractivity contribution in [3.05, 3.63) is 0 Å². The zero-order valence-electron chi connectivity index (χ0n) is 15.5. The molecule has 12 nitrogen and oxygen atoms in total. The summed E-state index contributed by atoms with van der Waals surface area (Å²) >= 11 is 3.72. The monoisotopic (exact) mass is 702 g/mol. The Morgan fingerprint density at radius 3 is 0.759 bits per heavy atom. The summed E-state index contributed by atoms with van der Waals surface area (Å²) in [6, 6.07) is 0. The first-order valence-electron chi connectivity index (χ1n) is 7.70. The van der Waals surface area contributed by atoms with Crippen LogP contribution < -0.4 is 37.3 Å². The van der Waals surface area contributed by atoms with Crippen LogP contribution in [0.1, 0.15) is 0 Å². The first-order chi connectivity index (χ1) is 13.0. The molecule has 0 bridgehead atoms. The van der Waals surface area contributed by atoms with Crippen LogP contribution in [0.3, 0.4) is 0 Å². The number of hydrogen-bond acceptors (Lipinski definition) is 14. The van der Waals surface area contributed by atoms with Gasteiger partial charge in [-0.15, -0.1) is 20.5 Å². The molecule has 0 aromatic heterocycles. The molecule has 17 heteroatoms. The molecule has 174 valence electrons. The molecule has 1 aliphatic heterocycles. The van der Waals surface area contributed by atoms with Crippen molar-refractivity contribution in [2.24, 2.45) is 0 Å². The van der Waals surface area contributed by atoms with E-state index in [4.69, 9.17) is 56.2 Å². The number of thioether (sulfide) groups is 2. The van der Waals surface area contributed by atoms with Gasteiger partial charge in [-0.2, -0.15) is 23.5 Å². The molecule has 0 aliphatic carbocycles. The van der Waals surface area contributed by atoms with Crippen LogP contribution in [-0.2, 0) is 18.9 Å². The van der Waals surface area contributed by atoms with Crippen molar-refractivity contribution in [3.63, 3.8) is 0 Å². The molecule has 0 aromatic carbocycles. The van der Waals surface area contributed by atoms with E-state index in [1.807, 2.05) is 23.5 Å². The first kappa shape index (κ1) is 35.3. The van der Waals surface area contributed by atoms with E-state index in [0.29, 0.717) is 26.4 Å². The third kappa shape index (κ3) is 58.7. The summed E-state index contributed by atoms with van der Waals surface area (Å²) in [5.74, 6) is 4.09. The number of ether oxygens (including phenoxy) is 4. The van der Waals surface area contributed by atoms with Gasteiger partial charge in [0.2, 0.25) is 0 Å². The Hall–Kier alpha value is 1.72. The summed E-state index contributed by atoms with van der Waals surface area (Å²) in [7, 11) is -9.89. The zero-order chi connectivity index (χ0) is 21.7. The van der Waals surface area contributed by atoms with Gasteiger partial charge in [-0.25, -0.2) is 37.3 Å². The van der Waals surface area contributed by atoms with E-state index in [1.165, 1.54) is 0 Å². The predicted molar refractivity (Wildman–Crippen MR) is 83.7 cm³/mol. The van der Waals surface area contributed by atoms with Gasteiger partial charge in [0, 0.05) is 23.0 Å². The van der Waals surface area contributed by atoms with Crippen molar-refractivity contribution < 1.29 is 76.7 Å². The number of hydrogen-bond donors (Lipinski definition) is 0. The largest absolute Gasteiger partial charge is 2.00 e. The van der Waals surface area contributed by atoms with Crippen LogP contribution in [0.5, 0.6) is 0 Å². The summed E-state index contributed by atoms with van der Waals surface area (Å²) in [5.41, 5.74) is 0. The van der Waals surface area contributed by atoms with Crippen molar-refractivity contribution in [1.82, 2.24) is 0 Å². The third-order valence-corrected chi connectivity index (χ3v) is 4.05. The summed E-state index contributed by atoms with van der Waals surface area (Å²) in [6.45, 7) is 5.99. The maximum atomic E-state index is 8.49. The fourth-order valence-electron chi connectivity index (χ4n) is 1.32. The minimum atomic E-state index is -4.94. The van der Waals surface area contributed by atoms with Crippen LogP contribution in [0.25, 0.3) is 0 Å². The van der Waals surface area contributed by atoms with E-state index in [9.17, 15) is 0 Å². The number of halogens is 2. The molecule has 0 amide bonds. The summed E-state index contributed by atoms with van der Waals surface area (Å²) in [5, 5.41) is 0. The quantitative estimate of drug-likeness (QED) is 0.214. The molecule has 0 N–H and O–H groups in total. The van der Waals surface area contributed by atoms with Gasteiger partial charge in [0.15, 0.2) is 0 Å². The molecule has 1 fully saturated rings. The van der Waals surface area contributed by atoms with E-state index in [2.05, 4.69) is 0 Å². The molecule has 1 saturated heterocycles. The van der Waals surface area contributed by atoms with Gasteiger partial charge in [-0.05, 0) is 0 Å². The fourth-order valence-corrected chi connectivity index (χ4v) is 2.67.